The van der Waals surface area contributed by atoms with Gasteiger partial charge in [-0.1, -0.05) is 0 Å². The SMILES string of the molecule is CCN(CC)C1=C(C(=O)OC)C2OCC(=O)CC12. The second kappa shape index (κ2) is 5.10. The van der Waals surface area contributed by atoms with E-state index in [1.54, 1.807) is 0 Å². The summed E-state index contributed by atoms with van der Waals surface area (Å²) in [5.74, 6) is -0.211. The van der Waals surface area contributed by atoms with Crippen molar-refractivity contribution in [1.82, 2.24) is 4.90 Å². The number of ketones is 1. The third-order valence-electron chi connectivity index (χ3n) is 3.66. The minimum absolute atomic E-state index is 0.0280. The van der Waals surface area contributed by atoms with Crippen LogP contribution >= 0.6 is 0 Å². The van der Waals surface area contributed by atoms with Crippen molar-refractivity contribution in [2.24, 2.45) is 5.92 Å². The second-order valence-electron chi connectivity index (χ2n) is 4.54. The molecule has 100 valence electrons. The fourth-order valence-corrected chi connectivity index (χ4v) is 2.78. The molecule has 1 aliphatic carbocycles. The Kier molecular flexibility index (Phi) is 3.71. The zero-order valence-corrected chi connectivity index (χ0v) is 11.1. The van der Waals surface area contributed by atoms with Crippen molar-refractivity contribution >= 4 is 11.8 Å². The van der Waals surface area contributed by atoms with Crippen molar-refractivity contribution in [2.45, 2.75) is 26.4 Å². The summed E-state index contributed by atoms with van der Waals surface area (Å²) in [6.45, 7) is 5.79. The average Bonchev–Trinajstić information content (AvgIpc) is 2.37. The van der Waals surface area contributed by atoms with E-state index in [0.717, 1.165) is 18.8 Å². The molecule has 0 saturated carbocycles. The molecule has 0 aromatic heterocycles. The van der Waals surface area contributed by atoms with Crippen LogP contribution in [0.1, 0.15) is 20.3 Å². The fourth-order valence-electron chi connectivity index (χ4n) is 2.78. The molecule has 2 unspecified atom stereocenters. The normalized spacial score (nSPS) is 26.5. The van der Waals surface area contributed by atoms with Gasteiger partial charge in [0.2, 0.25) is 0 Å². The molecule has 0 aromatic rings. The van der Waals surface area contributed by atoms with Gasteiger partial charge in [0, 0.05) is 31.1 Å². The Bertz CT molecular complexity index is 398. The Morgan fingerprint density at radius 1 is 1.44 bits per heavy atom. The van der Waals surface area contributed by atoms with E-state index in [1.165, 1.54) is 7.11 Å². The van der Waals surface area contributed by atoms with Crippen LogP contribution in [0, 0.1) is 5.92 Å². The van der Waals surface area contributed by atoms with Crippen LogP contribution in [0.4, 0.5) is 0 Å². The van der Waals surface area contributed by atoms with E-state index in [0.29, 0.717) is 12.0 Å². The molecule has 0 N–H and O–H groups in total. The minimum atomic E-state index is -0.340. The summed E-state index contributed by atoms with van der Waals surface area (Å²) in [6, 6.07) is 0. The highest BCUT2D eigenvalue weighted by Gasteiger charge is 2.50. The maximum Gasteiger partial charge on any atom is 0.338 e. The van der Waals surface area contributed by atoms with Gasteiger partial charge in [-0.3, -0.25) is 4.79 Å². The number of fused-ring (bicyclic) bond motifs is 1. The average molecular weight is 253 g/mol. The maximum absolute atomic E-state index is 11.8. The molecule has 0 aromatic carbocycles. The van der Waals surface area contributed by atoms with E-state index in [1.807, 2.05) is 13.8 Å². The number of carbonyl (C=O) groups is 2. The van der Waals surface area contributed by atoms with Crippen LogP contribution in [0.2, 0.25) is 0 Å². The van der Waals surface area contributed by atoms with Gasteiger partial charge < -0.3 is 14.4 Å². The van der Waals surface area contributed by atoms with E-state index in [9.17, 15) is 9.59 Å². The Balaban J connectivity index is 2.33. The highest BCUT2D eigenvalue weighted by molar-refractivity contribution is 5.94. The van der Waals surface area contributed by atoms with Gasteiger partial charge in [0.05, 0.1) is 12.7 Å². The number of Topliss-reactive ketones (excluding diaryl/α,β-unsaturated/α-hetero) is 1. The van der Waals surface area contributed by atoms with E-state index >= 15 is 0 Å². The van der Waals surface area contributed by atoms with Crippen LogP contribution in [0.25, 0.3) is 0 Å². The first-order valence-electron chi connectivity index (χ1n) is 6.34. The minimum Gasteiger partial charge on any atom is -0.466 e. The first kappa shape index (κ1) is 13.1. The van der Waals surface area contributed by atoms with Gasteiger partial charge in [-0.25, -0.2) is 4.79 Å². The number of ether oxygens (including phenoxy) is 2. The summed E-state index contributed by atoms with van der Waals surface area (Å²) in [5, 5.41) is 0. The largest absolute Gasteiger partial charge is 0.466 e. The van der Waals surface area contributed by atoms with E-state index in [2.05, 4.69) is 4.90 Å². The molecule has 5 nitrogen and oxygen atoms in total. The van der Waals surface area contributed by atoms with Crippen molar-refractivity contribution in [1.29, 1.82) is 0 Å². The maximum atomic E-state index is 11.8. The number of nitrogens with zero attached hydrogens (tertiary/aromatic N) is 1. The molecule has 1 heterocycles. The molecular weight excluding hydrogens is 234 g/mol. The number of carbonyl (C=O) groups excluding carboxylic acids is 2. The fraction of sp³-hybridized carbons (Fsp3) is 0.692. The molecule has 18 heavy (non-hydrogen) atoms. The highest BCUT2D eigenvalue weighted by Crippen LogP contribution is 2.44. The Hall–Kier alpha value is -1.36. The van der Waals surface area contributed by atoms with Crippen molar-refractivity contribution in [2.75, 3.05) is 26.8 Å². The van der Waals surface area contributed by atoms with Crippen LogP contribution in [0.3, 0.4) is 0 Å². The zero-order chi connectivity index (χ0) is 13.3. The van der Waals surface area contributed by atoms with Crippen LogP contribution in [-0.4, -0.2) is 49.6 Å². The summed E-state index contributed by atoms with van der Waals surface area (Å²) >= 11 is 0. The zero-order valence-electron chi connectivity index (χ0n) is 11.1. The lowest BCUT2D eigenvalue weighted by Crippen LogP contribution is -2.52. The summed E-state index contributed by atoms with van der Waals surface area (Å²) in [6.07, 6.45) is 0.211. The molecule has 0 bridgehead atoms. The molecule has 0 radical (unpaired) electrons. The number of rotatable bonds is 4. The third-order valence-corrected chi connectivity index (χ3v) is 3.66. The number of methoxy groups -OCH3 is 1. The molecule has 1 fully saturated rings. The Morgan fingerprint density at radius 3 is 2.67 bits per heavy atom. The van der Waals surface area contributed by atoms with Crippen molar-refractivity contribution in [3.63, 3.8) is 0 Å². The summed E-state index contributed by atoms with van der Waals surface area (Å²) in [4.78, 5) is 25.4. The quantitative estimate of drug-likeness (QED) is 0.692. The Morgan fingerprint density at radius 2 is 2.11 bits per heavy atom. The monoisotopic (exact) mass is 253 g/mol. The molecule has 2 rings (SSSR count). The van der Waals surface area contributed by atoms with E-state index in [-0.39, 0.29) is 30.4 Å². The van der Waals surface area contributed by atoms with Crippen LogP contribution < -0.4 is 0 Å². The lowest BCUT2D eigenvalue weighted by Gasteiger charge is -2.46. The number of hydrogen-bond acceptors (Lipinski definition) is 5. The Labute approximate surface area is 107 Å². The highest BCUT2D eigenvalue weighted by atomic mass is 16.5. The second-order valence-corrected chi connectivity index (χ2v) is 4.54. The summed E-state index contributed by atoms with van der Waals surface area (Å²) in [7, 11) is 1.37. The van der Waals surface area contributed by atoms with Crippen molar-refractivity contribution in [3.8, 4) is 0 Å². The van der Waals surface area contributed by atoms with Crippen molar-refractivity contribution < 1.29 is 19.1 Å². The third kappa shape index (κ3) is 1.92. The molecule has 2 aliphatic rings. The molecular formula is C13H19NO4. The van der Waals surface area contributed by atoms with Gasteiger partial charge in [0.15, 0.2) is 5.78 Å². The standard InChI is InChI=1S/C13H19NO4/c1-4-14(5-2)11-9-6-8(15)7-18-12(9)10(11)13(16)17-3/h9,12H,4-7H2,1-3H3. The van der Waals surface area contributed by atoms with Crippen molar-refractivity contribution in [3.05, 3.63) is 11.3 Å². The predicted molar refractivity (Wildman–Crippen MR) is 64.8 cm³/mol. The van der Waals surface area contributed by atoms with Gasteiger partial charge in [0.1, 0.15) is 12.7 Å². The predicted octanol–water partition coefficient (Wildman–Crippen LogP) is 0.743. The first-order valence-corrected chi connectivity index (χ1v) is 6.34. The van der Waals surface area contributed by atoms with Crippen LogP contribution in [0.15, 0.2) is 11.3 Å². The molecule has 5 heteroatoms. The molecule has 1 saturated heterocycles. The number of esters is 1. The molecule has 0 amide bonds. The molecule has 2 atom stereocenters. The smallest absolute Gasteiger partial charge is 0.338 e. The van der Waals surface area contributed by atoms with Crippen LogP contribution in [0.5, 0.6) is 0 Å². The van der Waals surface area contributed by atoms with Crippen LogP contribution in [-0.2, 0) is 19.1 Å². The van der Waals surface area contributed by atoms with E-state index < -0.39 is 0 Å². The van der Waals surface area contributed by atoms with Gasteiger partial charge in [-0.15, -0.1) is 0 Å². The van der Waals surface area contributed by atoms with Gasteiger partial charge in [-0.05, 0) is 13.8 Å². The first-order chi connectivity index (χ1) is 8.63. The molecule has 1 aliphatic heterocycles. The lowest BCUT2D eigenvalue weighted by atomic mass is 9.73. The van der Waals surface area contributed by atoms with Gasteiger partial charge in [0.25, 0.3) is 0 Å². The van der Waals surface area contributed by atoms with Gasteiger partial charge >= 0.3 is 5.97 Å². The number of hydrogen-bond donors (Lipinski definition) is 0. The van der Waals surface area contributed by atoms with Gasteiger partial charge in [-0.2, -0.15) is 0 Å². The lowest BCUT2D eigenvalue weighted by molar-refractivity contribution is -0.146. The summed E-state index contributed by atoms with van der Waals surface area (Å²) < 4.78 is 10.3. The summed E-state index contributed by atoms with van der Waals surface area (Å²) in [5.41, 5.74) is 1.53. The topological polar surface area (TPSA) is 55.8 Å². The van der Waals surface area contributed by atoms with E-state index in [4.69, 9.17) is 9.47 Å². The molecule has 0 spiro atoms.